The van der Waals surface area contributed by atoms with Gasteiger partial charge in [0.15, 0.2) is 5.82 Å². The van der Waals surface area contributed by atoms with E-state index in [-0.39, 0.29) is 5.92 Å². The number of rotatable bonds is 3. The van der Waals surface area contributed by atoms with Crippen LogP contribution >= 0.6 is 0 Å². The Labute approximate surface area is 108 Å². The second kappa shape index (κ2) is 4.17. The van der Waals surface area contributed by atoms with Gasteiger partial charge in [-0.15, -0.1) is 5.10 Å². The zero-order valence-electron chi connectivity index (χ0n) is 9.76. The van der Waals surface area contributed by atoms with Crippen LogP contribution in [0.1, 0.15) is 23.7 Å². The summed E-state index contributed by atoms with van der Waals surface area (Å²) < 4.78 is 1.45. The van der Waals surface area contributed by atoms with Crippen molar-refractivity contribution in [3.8, 4) is 11.8 Å². The molecule has 94 valence electrons. The molecule has 0 radical (unpaired) electrons. The average molecular weight is 255 g/mol. The summed E-state index contributed by atoms with van der Waals surface area (Å²) in [4.78, 5) is 10.9. The lowest BCUT2D eigenvalue weighted by Crippen LogP contribution is -2.07. The number of tetrazole rings is 1. The van der Waals surface area contributed by atoms with Gasteiger partial charge < -0.3 is 5.11 Å². The molecule has 1 N–H and O–H groups in total. The van der Waals surface area contributed by atoms with E-state index in [1.54, 1.807) is 24.3 Å². The van der Waals surface area contributed by atoms with Crippen molar-refractivity contribution in [1.82, 2.24) is 20.2 Å². The van der Waals surface area contributed by atoms with Crippen molar-refractivity contribution in [2.24, 2.45) is 5.92 Å². The highest BCUT2D eigenvalue weighted by molar-refractivity contribution is 5.74. The summed E-state index contributed by atoms with van der Waals surface area (Å²) in [6.07, 6.45) is 0.532. The monoisotopic (exact) mass is 255 g/mol. The third-order valence-corrected chi connectivity index (χ3v) is 3.19. The van der Waals surface area contributed by atoms with Crippen LogP contribution in [-0.4, -0.2) is 31.3 Å². The minimum atomic E-state index is -0.840. The molecule has 2 atom stereocenters. The van der Waals surface area contributed by atoms with Gasteiger partial charge in [0.05, 0.1) is 17.2 Å². The molecule has 2 aromatic rings. The minimum Gasteiger partial charge on any atom is -0.481 e. The lowest BCUT2D eigenvalue weighted by atomic mass is 10.2. The molecule has 1 aliphatic carbocycles. The number of nitrogens with zero attached hydrogens (tertiary/aromatic N) is 5. The van der Waals surface area contributed by atoms with E-state index in [1.807, 2.05) is 0 Å². The highest BCUT2D eigenvalue weighted by Gasteiger charge is 2.47. The number of hydrogen-bond acceptors (Lipinski definition) is 5. The van der Waals surface area contributed by atoms with Gasteiger partial charge in [-0.25, -0.2) is 0 Å². The van der Waals surface area contributed by atoms with Gasteiger partial charge in [0.1, 0.15) is 6.07 Å². The molecule has 1 saturated carbocycles. The summed E-state index contributed by atoms with van der Waals surface area (Å²) in [6, 6.07) is 9.01. The summed E-state index contributed by atoms with van der Waals surface area (Å²) in [5.41, 5.74) is 1.02. The molecule has 0 bridgehead atoms. The molecule has 1 aromatic carbocycles. The van der Waals surface area contributed by atoms with Crippen LogP contribution < -0.4 is 0 Å². The second-order valence-electron chi connectivity index (χ2n) is 4.36. The Bertz CT molecular complexity index is 687. The first-order chi connectivity index (χ1) is 9.22. The van der Waals surface area contributed by atoms with E-state index in [4.69, 9.17) is 10.4 Å². The Morgan fingerprint density at radius 2 is 2.26 bits per heavy atom. The summed E-state index contributed by atoms with van der Waals surface area (Å²) in [5, 5.41) is 29.4. The molecule has 0 spiro atoms. The molecule has 3 rings (SSSR count). The number of benzene rings is 1. The maximum Gasteiger partial charge on any atom is 0.307 e. The molecule has 0 aliphatic heterocycles. The molecular formula is C12H9N5O2. The van der Waals surface area contributed by atoms with E-state index >= 15 is 0 Å². The zero-order chi connectivity index (χ0) is 13.4. The number of para-hydroxylation sites is 1. The first-order valence-electron chi connectivity index (χ1n) is 5.73. The Hall–Kier alpha value is -2.75. The van der Waals surface area contributed by atoms with Crippen molar-refractivity contribution in [2.45, 2.75) is 12.3 Å². The largest absolute Gasteiger partial charge is 0.481 e. The van der Waals surface area contributed by atoms with E-state index < -0.39 is 11.9 Å². The van der Waals surface area contributed by atoms with Gasteiger partial charge in [-0.1, -0.05) is 12.1 Å². The molecule has 1 aliphatic rings. The smallest absolute Gasteiger partial charge is 0.307 e. The quantitative estimate of drug-likeness (QED) is 0.866. The topological polar surface area (TPSA) is 105 Å². The number of aromatic nitrogens is 4. The third-order valence-electron chi connectivity index (χ3n) is 3.19. The summed E-state index contributed by atoms with van der Waals surface area (Å²) in [6.45, 7) is 0. The van der Waals surface area contributed by atoms with Crippen molar-refractivity contribution >= 4 is 5.97 Å². The van der Waals surface area contributed by atoms with Crippen molar-refractivity contribution < 1.29 is 9.90 Å². The molecule has 0 saturated heterocycles. The highest BCUT2D eigenvalue weighted by Crippen LogP contribution is 2.46. The summed E-state index contributed by atoms with van der Waals surface area (Å²) in [5.74, 6) is -0.957. The zero-order valence-corrected chi connectivity index (χ0v) is 9.76. The summed E-state index contributed by atoms with van der Waals surface area (Å²) >= 11 is 0. The molecule has 2 unspecified atom stereocenters. The number of hydrogen-bond donors (Lipinski definition) is 1. The van der Waals surface area contributed by atoms with Crippen molar-refractivity contribution in [2.75, 3.05) is 0 Å². The number of nitriles is 1. The number of carboxylic acids is 1. The molecule has 7 heteroatoms. The lowest BCUT2D eigenvalue weighted by molar-refractivity contribution is -0.138. The van der Waals surface area contributed by atoms with E-state index in [1.165, 1.54) is 4.68 Å². The fraction of sp³-hybridized carbons (Fsp3) is 0.250. The number of aliphatic carboxylic acids is 1. The van der Waals surface area contributed by atoms with Crippen LogP contribution in [0.2, 0.25) is 0 Å². The fourth-order valence-corrected chi connectivity index (χ4v) is 2.10. The Morgan fingerprint density at radius 1 is 1.47 bits per heavy atom. The Morgan fingerprint density at radius 3 is 2.95 bits per heavy atom. The van der Waals surface area contributed by atoms with Crippen LogP contribution in [0, 0.1) is 17.2 Å². The van der Waals surface area contributed by atoms with Gasteiger partial charge in [-0.3, -0.25) is 4.79 Å². The number of carboxylic acid groups (broad SMARTS) is 1. The van der Waals surface area contributed by atoms with Crippen LogP contribution in [0.3, 0.4) is 0 Å². The SMILES string of the molecule is N#Cc1ccccc1-n1nnnc1C1CC1C(=O)O. The van der Waals surface area contributed by atoms with Crippen molar-refractivity contribution in [3.05, 3.63) is 35.7 Å². The van der Waals surface area contributed by atoms with Crippen LogP contribution in [0.5, 0.6) is 0 Å². The standard InChI is InChI=1S/C12H9N5O2/c13-6-7-3-1-2-4-10(7)17-11(14-15-16-17)8-5-9(8)12(18)19/h1-4,8-9H,5H2,(H,18,19). The van der Waals surface area contributed by atoms with Crippen molar-refractivity contribution in [3.63, 3.8) is 0 Å². The normalized spacial score (nSPS) is 20.8. The highest BCUT2D eigenvalue weighted by atomic mass is 16.4. The van der Waals surface area contributed by atoms with Gasteiger partial charge in [0.25, 0.3) is 0 Å². The van der Waals surface area contributed by atoms with Crippen LogP contribution in [-0.2, 0) is 4.79 Å². The van der Waals surface area contributed by atoms with E-state index in [2.05, 4.69) is 21.6 Å². The molecule has 7 nitrogen and oxygen atoms in total. The van der Waals surface area contributed by atoms with Gasteiger partial charge in [-0.05, 0) is 29.0 Å². The Kier molecular flexibility index (Phi) is 2.49. The molecule has 1 fully saturated rings. The lowest BCUT2D eigenvalue weighted by Gasteiger charge is -2.05. The molecule has 19 heavy (non-hydrogen) atoms. The van der Waals surface area contributed by atoms with Crippen LogP contribution in [0.4, 0.5) is 0 Å². The summed E-state index contributed by atoms with van der Waals surface area (Å²) in [7, 11) is 0. The maximum atomic E-state index is 10.9. The maximum absolute atomic E-state index is 10.9. The van der Waals surface area contributed by atoms with Crippen LogP contribution in [0.25, 0.3) is 5.69 Å². The van der Waals surface area contributed by atoms with Crippen LogP contribution in [0.15, 0.2) is 24.3 Å². The molecule has 1 aromatic heterocycles. The minimum absolute atomic E-state index is 0.181. The third kappa shape index (κ3) is 1.83. The average Bonchev–Trinajstić information content (AvgIpc) is 3.09. The van der Waals surface area contributed by atoms with Gasteiger partial charge >= 0.3 is 5.97 Å². The van der Waals surface area contributed by atoms with Gasteiger partial charge in [0.2, 0.25) is 0 Å². The van der Waals surface area contributed by atoms with E-state index in [9.17, 15) is 4.79 Å². The Balaban J connectivity index is 2.02. The number of carbonyl (C=O) groups is 1. The van der Waals surface area contributed by atoms with Crippen molar-refractivity contribution in [1.29, 1.82) is 5.26 Å². The molecular weight excluding hydrogens is 246 g/mol. The predicted molar refractivity (Wildman–Crippen MR) is 62.4 cm³/mol. The fourth-order valence-electron chi connectivity index (χ4n) is 2.10. The van der Waals surface area contributed by atoms with Gasteiger partial charge in [0, 0.05) is 5.92 Å². The predicted octanol–water partition coefficient (Wildman–Crippen LogP) is 0.722. The molecule has 0 amide bonds. The van der Waals surface area contributed by atoms with E-state index in [0.29, 0.717) is 23.5 Å². The second-order valence-corrected chi connectivity index (χ2v) is 4.36. The molecule has 1 heterocycles. The first-order valence-corrected chi connectivity index (χ1v) is 5.73. The first kappa shape index (κ1) is 11.3. The van der Waals surface area contributed by atoms with Gasteiger partial charge in [-0.2, -0.15) is 9.94 Å². The van der Waals surface area contributed by atoms with E-state index in [0.717, 1.165) is 0 Å².